The van der Waals surface area contributed by atoms with Crippen LogP contribution in [0, 0.1) is 11.3 Å². The lowest BCUT2D eigenvalue weighted by Crippen LogP contribution is -2.14. The lowest BCUT2D eigenvalue weighted by atomic mass is 10.1. The Balaban J connectivity index is 3.60. The largest absolute Gasteiger partial charge is 0.496 e. The molecule has 0 aliphatic rings. The molecule has 8 heteroatoms. The van der Waals surface area contributed by atoms with Crippen LogP contribution < -0.4 is 4.74 Å². The van der Waals surface area contributed by atoms with Crippen molar-refractivity contribution in [2.45, 2.75) is 12.6 Å². The molecule has 1 aromatic rings. The SMILES string of the molecule is COc1cc(C#N)nc(C(F)F)c1C(F)(F)F. The second kappa shape index (κ2) is 4.53. The fraction of sp³-hybridized carbons (Fsp3) is 0.333. The predicted octanol–water partition coefficient (Wildman–Crippen LogP) is 2.92. The molecule has 0 bridgehead atoms. The van der Waals surface area contributed by atoms with E-state index in [0.29, 0.717) is 6.07 Å². The maximum Gasteiger partial charge on any atom is 0.421 e. The van der Waals surface area contributed by atoms with Crippen molar-refractivity contribution in [3.8, 4) is 11.8 Å². The highest BCUT2D eigenvalue weighted by Crippen LogP contribution is 2.41. The van der Waals surface area contributed by atoms with Gasteiger partial charge in [0, 0.05) is 6.07 Å². The van der Waals surface area contributed by atoms with Crippen LogP contribution in [0.3, 0.4) is 0 Å². The highest BCUT2D eigenvalue weighted by molar-refractivity contribution is 5.44. The molecule has 0 radical (unpaired) electrons. The molecule has 0 fully saturated rings. The maximum atomic E-state index is 12.6. The Hall–Kier alpha value is -1.91. The van der Waals surface area contributed by atoms with E-state index in [1.807, 2.05) is 0 Å². The topological polar surface area (TPSA) is 45.9 Å². The lowest BCUT2D eigenvalue weighted by Gasteiger charge is -2.15. The van der Waals surface area contributed by atoms with Gasteiger partial charge in [-0.2, -0.15) is 18.4 Å². The summed E-state index contributed by atoms with van der Waals surface area (Å²) in [6, 6.07) is 2.05. The Bertz CT molecular complexity index is 464. The number of ether oxygens (including phenoxy) is 1. The number of hydrogen-bond acceptors (Lipinski definition) is 3. The molecule has 0 aliphatic carbocycles. The second-order valence-corrected chi connectivity index (χ2v) is 2.88. The van der Waals surface area contributed by atoms with Crippen LogP contribution in [0.2, 0.25) is 0 Å². The minimum atomic E-state index is -5.03. The number of pyridine rings is 1. The first-order valence-electron chi connectivity index (χ1n) is 4.15. The number of nitriles is 1. The molecule has 0 aromatic carbocycles. The average Bonchev–Trinajstić information content (AvgIpc) is 2.25. The zero-order valence-electron chi connectivity index (χ0n) is 8.35. The van der Waals surface area contributed by atoms with E-state index in [4.69, 9.17) is 5.26 Å². The van der Waals surface area contributed by atoms with Crippen molar-refractivity contribution in [3.63, 3.8) is 0 Å². The van der Waals surface area contributed by atoms with Crippen LogP contribution in [0.4, 0.5) is 22.0 Å². The van der Waals surface area contributed by atoms with E-state index in [0.717, 1.165) is 7.11 Å². The van der Waals surface area contributed by atoms with Gasteiger partial charge in [0.05, 0.1) is 7.11 Å². The molecule has 0 spiro atoms. The molecule has 0 saturated heterocycles. The van der Waals surface area contributed by atoms with Gasteiger partial charge in [-0.15, -0.1) is 0 Å². The van der Waals surface area contributed by atoms with E-state index in [2.05, 4.69) is 9.72 Å². The predicted molar refractivity (Wildman–Crippen MR) is 45.5 cm³/mol. The number of nitrogens with zero attached hydrogens (tertiary/aromatic N) is 2. The molecule has 0 atom stereocenters. The minimum absolute atomic E-state index is 0.565. The van der Waals surface area contributed by atoms with Crippen LogP contribution in [0.15, 0.2) is 6.07 Å². The van der Waals surface area contributed by atoms with Gasteiger partial charge in [0.25, 0.3) is 6.43 Å². The van der Waals surface area contributed by atoms with Gasteiger partial charge in [0.1, 0.15) is 28.8 Å². The minimum Gasteiger partial charge on any atom is -0.496 e. The third-order valence-electron chi connectivity index (χ3n) is 1.84. The Morgan fingerprint density at radius 3 is 2.35 bits per heavy atom. The molecule has 1 heterocycles. The van der Waals surface area contributed by atoms with E-state index < -0.39 is 35.3 Å². The molecule has 0 aliphatic heterocycles. The molecule has 17 heavy (non-hydrogen) atoms. The van der Waals surface area contributed by atoms with Crippen LogP contribution in [0.25, 0.3) is 0 Å². The highest BCUT2D eigenvalue weighted by Gasteiger charge is 2.40. The Labute approximate surface area is 92.4 Å². The van der Waals surface area contributed by atoms with E-state index in [1.165, 1.54) is 6.07 Å². The third-order valence-corrected chi connectivity index (χ3v) is 1.84. The molecule has 0 saturated carbocycles. The summed E-state index contributed by atoms with van der Waals surface area (Å²) in [4.78, 5) is 2.95. The molecule has 1 aromatic heterocycles. The molecule has 0 N–H and O–H groups in total. The van der Waals surface area contributed by atoms with E-state index in [9.17, 15) is 22.0 Å². The first-order valence-corrected chi connectivity index (χ1v) is 4.15. The number of methoxy groups -OCH3 is 1. The summed E-state index contributed by atoms with van der Waals surface area (Å²) in [5.41, 5.74) is -3.73. The quantitative estimate of drug-likeness (QED) is 0.760. The molecule has 3 nitrogen and oxygen atoms in total. The van der Waals surface area contributed by atoms with Crippen molar-refractivity contribution >= 4 is 0 Å². The molecule has 0 amide bonds. The Morgan fingerprint density at radius 2 is 2.00 bits per heavy atom. The highest BCUT2D eigenvalue weighted by atomic mass is 19.4. The number of hydrogen-bond donors (Lipinski definition) is 0. The normalized spacial score (nSPS) is 11.4. The molecule has 1 rings (SSSR count). The van der Waals surface area contributed by atoms with Crippen LogP contribution in [0.1, 0.15) is 23.4 Å². The van der Waals surface area contributed by atoms with Gasteiger partial charge in [-0.1, -0.05) is 0 Å². The number of halogens is 5. The van der Waals surface area contributed by atoms with Crippen molar-refractivity contribution in [3.05, 3.63) is 23.0 Å². The first-order chi connectivity index (χ1) is 7.81. The van der Waals surface area contributed by atoms with Crippen LogP contribution in [0.5, 0.6) is 5.75 Å². The summed E-state index contributed by atoms with van der Waals surface area (Å²) >= 11 is 0. The van der Waals surface area contributed by atoms with E-state index >= 15 is 0 Å². The summed E-state index contributed by atoms with van der Waals surface area (Å²) in [6.45, 7) is 0. The van der Waals surface area contributed by atoms with Crippen molar-refractivity contribution < 1.29 is 26.7 Å². The fourth-order valence-electron chi connectivity index (χ4n) is 1.20. The zero-order valence-corrected chi connectivity index (χ0v) is 8.35. The van der Waals surface area contributed by atoms with E-state index in [1.54, 1.807) is 0 Å². The zero-order chi connectivity index (χ0) is 13.2. The van der Waals surface area contributed by atoms with Crippen LogP contribution in [-0.2, 0) is 6.18 Å². The number of alkyl halides is 5. The van der Waals surface area contributed by atoms with Gasteiger partial charge >= 0.3 is 6.18 Å². The van der Waals surface area contributed by atoms with Gasteiger partial charge in [-0.25, -0.2) is 13.8 Å². The summed E-state index contributed by atoms with van der Waals surface area (Å²) in [6.07, 6.45) is -8.48. The summed E-state index contributed by atoms with van der Waals surface area (Å²) < 4.78 is 67.0. The maximum absolute atomic E-state index is 12.6. The average molecular weight is 252 g/mol. The van der Waals surface area contributed by atoms with Gasteiger partial charge < -0.3 is 4.74 Å². The molecule has 0 unspecified atom stereocenters. The van der Waals surface area contributed by atoms with Crippen LogP contribution >= 0.6 is 0 Å². The summed E-state index contributed by atoms with van der Waals surface area (Å²) in [5, 5.41) is 8.46. The summed E-state index contributed by atoms with van der Waals surface area (Å²) in [7, 11) is 0.890. The molecule has 92 valence electrons. The van der Waals surface area contributed by atoms with Crippen molar-refractivity contribution in [2.75, 3.05) is 7.11 Å². The lowest BCUT2D eigenvalue weighted by molar-refractivity contribution is -0.141. The smallest absolute Gasteiger partial charge is 0.421 e. The van der Waals surface area contributed by atoms with E-state index in [-0.39, 0.29) is 0 Å². The van der Waals surface area contributed by atoms with Crippen molar-refractivity contribution in [1.29, 1.82) is 5.26 Å². The fourth-order valence-corrected chi connectivity index (χ4v) is 1.20. The van der Waals surface area contributed by atoms with Gasteiger partial charge in [-0.3, -0.25) is 0 Å². The van der Waals surface area contributed by atoms with Crippen molar-refractivity contribution in [1.82, 2.24) is 4.98 Å². The Morgan fingerprint density at radius 1 is 1.41 bits per heavy atom. The van der Waals surface area contributed by atoms with Gasteiger partial charge in [-0.05, 0) is 0 Å². The number of rotatable bonds is 2. The number of aromatic nitrogens is 1. The monoisotopic (exact) mass is 252 g/mol. The van der Waals surface area contributed by atoms with Gasteiger partial charge in [0.15, 0.2) is 0 Å². The summed E-state index contributed by atoms with van der Waals surface area (Å²) in [5.74, 6) is -0.848. The van der Waals surface area contributed by atoms with Gasteiger partial charge in [0.2, 0.25) is 0 Å². The first kappa shape index (κ1) is 13.2. The van der Waals surface area contributed by atoms with Crippen LogP contribution in [-0.4, -0.2) is 12.1 Å². The second-order valence-electron chi connectivity index (χ2n) is 2.88. The third kappa shape index (κ3) is 2.61. The Kier molecular flexibility index (Phi) is 3.50. The molecular formula is C9H5F5N2O. The standard InChI is InChI=1S/C9H5F5N2O/c1-17-5-2-4(3-15)16-7(8(10)11)6(5)9(12,13)14/h2,8H,1H3. The molecular weight excluding hydrogens is 247 g/mol. The van der Waals surface area contributed by atoms with Crippen molar-refractivity contribution in [2.24, 2.45) is 0 Å².